The third-order valence-corrected chi connectivity index (χ3v) is 2.85. The van der Waals surface area contributed by atoms with Crippen LogP contribution in [0.3, 0.4) is 0 Å². The second-order valence-electron chi connectivity index (χ2n) is 3.24. The topological polar surface area (TPSA) is 103 Å². The molecule has 7 nitrogen and oxygen atoms in total. The number of carboxylic acids is 1. The quantitative estimate of drug-likeness (QED) is 0.666. The second-order valence-corrected chi connectivity index (χ2v) is 4.26. The van der Waals surface area contributed by atoms with Gasteiger partial charge in [0.15, 0.2) is 5.09 Å². The van der Waals surface area contributed by atoms with Crippen molar-refractivity contribution in [3.63, 3.8) is 0 Å². The Bertz CT molecular complexity index is 625. The summed E-state index contributed by atoms with van der Waals surface area (Å²) in [6.07, 6.45) is 1.41. The maximum absolute atomic E-state index is 11.3. The third kappa shape index (κ3) is 3.10. The molecule has 0 bridgehead atoms. The van der Waals surface area contributed by atoms with Crippen LogP contribution in [0.4, 0.5) is 0 Å². The van der Waals surface area contributed by atoms with Crippen LogP contribution < -0.4 is 0 Å². The highest BCUT2D eigenvalue weighted by Crippen LogP contribution is 2.27. The van der Waals surface area contributed by atoms with Crippen molar-refractivity contribution in [2.45, 2.75) is 10.1 Å². The number of hydrogen-bond donors (Lipinski definition) is 1. The van der Waals surface area contributed by atoms with Crippen molar-refractivity contribution in [3.8, 4) is 0 Å². The molecule has 2 aromatic heterocycles. The molecule has 1 N–H and O–H groups in total. The van der Waals surface area contributed by atoms with Crippen LogP contribution in [0.15, 0.2) is 38.9 Å². The van der Waals surface area contributed by atoms with Gasteiger partial charge in [-0.3, -0.25) is 0 Å². The molecule has 2 rings (SSSR count). The molecule has 0 radical (unpaired) electrons. The molecule has 0 aliphatic heterocycles. The van der Waals surface area contributed by atoms with E-state index in [0.717, 1.165) is 11.8 Å². The van der Waals surface area contributed by atoms with Crippen molar-refractivity contribution in [3.05, 3.63) is 36.0 Å². The van der Waals surface area contributed by atoms with Gasteiger partial charge in [0.1, 0.15) is 5.03 Å². The Balaban J connectivity index is 2.18. The smallest absolute Gasteiger partial charge is 0.376 e. The van der Waals surface area contributed by atoms with E-state index in [4.69, 9.17) is 9.52 Å². The number of carbonyl (C=O) groups excluding carboxylic acids is 1. The van der Waals surface area contributed by atoms with Gasteiger partial charge in [0, 0.05) is 6.20 Å². The van der Waals surface area contributed by atoms with Gasteiger partial charge >= 0.3 is 11.9 Å². The lowest BCUT2D eigenvalue weighted by Gasteiger charge is -2.00. The van der Waals surface area contributed by atoms with Crippen molar-refractivity contribution in [1.82, 2.24) is 9.97 Å². The SMILES string of the molecule is COC(=O)c1nccc(Sc2ccc(C(=O)O)o2)n1. The summed E-state index contributed by atoms with van der Waals surface area (Å²) in [6, 6.07) is 4.42. The van der Waals surface area contributed by atoms with Gasteiger partial charge in [-0.1, -0.05) is 0 Å². The van der Waals surface area contributed by atoms with E-state index < -0.39 is 11.9 Å². The molecule has 98 valence electrons. The zero-order valence-electron chi connectivity index (χ0n) is 9.69. The number of hydrogen-bond acceptors (Lipinski definition) is 7. The molecule has 0 fully saturated rings. The first-order chi connectivity index (χ1) is 9.10. The van der Waals surface area contributed by atoms with Crippen molar-refractivity contribution in [2.75, 3.05) is 7.11 Å². The fourth-order valence-electron chi connectivity index (χ4n) is 1.18. The monoisotopic (exact) mass is 280 g/mol. The average molecular weight is 280 g/mol. The fourth-order valence-corrected chi connectivity index (χ4v) is 1.92. The molecule has 0 amide bonds. The van der Waals surface area contributed by atoms with Crippen molar-refractivity contribution < 1.29 is 23.8 Å². The third-order valence-electron chi connectivity index (χ3n) is 2.00. The molecule has 0 atom stereocenters. The van der Waals surface area contributed by atoms with Crippen molar-refractivity contribution in [2.24, 2.45) is 0 Å². The summed E-state index contributed by atoms with van der Waals surface area (Å²) in [5, 5.41) is 9.52. The molecular formula is C11H8N2O5S. The zero-order chi connectivity index (χ0) is 13.8. The maximum Gasteiger partial charge on any atom is 0.376 e. The number of aromatic carboxylic acids is 1. The van der Waals surface area contributed by atoms with Gasteiger partial charge < -0.3 is 14.3 Å². The first kappa shape index (κ1) is 13.1. The molecule has 0 aliphatic carbocycles. The number of furan rings is 1. The Labute approximate surface area is 111 Å². The lowest BCUT2D eigenvalue weighted by Crippen LogP contribution is -2.07. The van der Waals surface area contributed by atoms with Gasteiger partial charge in [-0.15, -0.1) is 0 Å². The Hall–Kier alpha value is -2.35. The van der Waals surface area contributed by atoms with Gasteiger partial charge in [-0.25, -0.2) is 19.6 Å². The summed E-state index contributed by atoms with van der Waals surface area (Å²) in [6.45, 7) is 0. The van der Waals surface area contributed by atoms with E-state index >= 15 is 0 Å². The summed E-state index contributed by atoms with van der Waals surface area (Å²) in [5.41, 5.74) is 0. The minimum atomic E-state index is -1.15. The van der Waals surface area contributed by atoms with Crippen LogP contribution in [0.1, 0.15) is 21.2 Å². The molecular weight excluding hydrogens is 272 g/mol. The van der Waals surface area contributed by atoms with Gasteiger partial charge in [0.25, 0.3) is 0 Å². The highest BCUT2D eigenvalue weighted by molar-refractivity contribution is 7.99. The Morgan fingerprint density at radius 1 is 1.37 bits per heavy atom. The molecule has 0 saturated carbocycles. The van der Waals surface area contributed by atoms with E-state index in [2.05, 4.69) is 14.7 Å². The second kappa shape index (κ2) is 5.53. The number of nitrogens with zero attached hydrogens (tertiary/aromatic N) is 2. The van der Waals surface area contributed by atoms with Crippen LogP contribution in [-0.2, 0) is 4.74 Å². The van der Waals surface area contributed by atoms with E-state index in [1.807, 2.05) is 0 Å². The Morgan fingerprint density at radius 3 is 2.79 bits per heavy atom. The van der Waals surface area contributed by atoms with Gasteiger partial charge in [-0.05, 0) is 30.0 Å². The number of ether oxygens (including phenoxy) is 1. The number of carboxylic acid groups (broad SMARTS) is 1. The lowest BCUT2D eigenvalue weighted by atomic mass is 10.5. The van der Waals surface area contributed by atoms with Crippen LogP contribution in [0.2, 0.25) is 0 Å². The summed E-state index contributed by atoms with van der Waals surface area (Å²) in [5.74, 6) is -2.03. The normalized spacial score (nSPS) is 10.2. The first-order valence-electron chi connectivity index (χ1n) is 5.02. The number of aromatic nitrogens is 2. The van der Waals surface area contributed by atoms with Crippen molar-refractivity contribution >= 4 is 23.7 Å². The van der Waals surface area contributed by atoms with Crippen LogP contribution in [0, 0.1) is 0 Å². The van der Waals surface area contributed by atoms with Gasteiger partial charge in [0.2, 0.25) is 11.6 Å². The number of rotatable bonds is 4. The molecule has 2 aromatic rings. The minimum absolute atomic E-state index is 0.0717. The molecule has 8 heteroatoms. The summed E-state index contributed by atoms with van der Waals surface area (Å²) < 4.78 is 9.57. The standard InChI is InChI=1S/C11H8N2O5S/c1-17-11(16)9-12-5-4-7(13-9)19-8-3-2-6(18-8)10(14)15/h2-5H,1H3,(H,14,15). The van der Waals surface area contributed by atoms with E-state index in [-0.39, 0.29) is 11.6 Å². The molecule has 0 unspecified atom stereocenters. The maximum atomic E-state index is 11.3. The fraction of sp³-hybridized carbons (Fsp3) is 0.0909. The number of esters is 1. The highest BCUT2D eigenvalue weighted by atomic mass is 32.2. The number of methoxy groups -OCH3 is 1. The van der Waals surface area contributed by atoms with Crippen LogP contribution >= 0.6 is 11.8 Å². The van der Waals surface area contributed by atoms with E-state index in [1.54, 1.807) is 6.07 Å². The minimum Gasteiger partial charge on any atom is -0.475 e. The molecule has 2 heterocycles. The molecule has 0 aromatic carbocycles. The van der Waals surface area contributed by atoms with E-state index in [9.17, 15) is 9.59 Å². The predicted molar refractivity (Wildman–Crippen MR) is 63.2 cm³/mol. The van der Waals surface area contributed by atoms with Gasteiger partial charge in [-0.2, -0.15) is 0 Å². The average Bonchev–Trinajstić information content (AvgIpc) is 2.87. The van der Waals surface area contributed by atoms with E-state index in [0.29, 0.717) is 10.1 Å². The summed E-state index contributed by atoms with van der Waals surface area (Å²) in [7, 11) is 1.23. The summed E-state index contributed by atoms with van der Waals surface area (Å²) in [4.78, 5) is 29.6. The first-order valence-corrected chi connectivity index (χ1v) is 5.84. The highest BCUT2D eigenvalue weighted by Gasteiger charge is 2.13. The Kier molecular flexibility index (Phi) is 3.81. The van der Waals surface area contributed by atoms with Crippen molar-refractivity contribution in [1.29, 1.82) is 0 Å². The van der Waals surface area contributed by atoms with Crippen LogP contribution in [0.5, 0.6) is 0 Å². The molecule has 0 spiro atoms. The van der Waals surface area contributed by atoms with E-state index in [1.165, 1.54) is 25.4 Å². The Morgan fingerprint density at radius 2 is 2.16 bits per heavy atom. The number of carbonyl (C=O) groups is 2. The van der Waals surface area contributed by atoms with Gasteiger partial charge in [0.05, 0.1) is 7.11 Å². The largest absolute Gasteiger partial charge is 0.475 e. The predicted octanol–water partition coefficient (Wildman–Crippen LogP) is 1.71. The zero-order valence-corrected chi connectivity index (χ0v) is 10.5. The summed E-state index contributed by atoms with van der Waals surface area (Å²) >= 11 is 1.08. The molecule has 0 saturated heterocycles. The molecule has 19 heavy (non-hydrogen) atoms. The van der Waals surface area contributed by atoms with Crippen LogP contribution in [0.25, 0.3) is 0 Å². The lowest BCUT2D eigenvalue weighted by molar-refractivity contribution is 0.0584. The van der Waals surface area contributed by atoms with Crippen LogP contribution in [-0.4, -0.2) is 34.1 Å². The molecule has 0 aliphatic rings.